The summed E-state index contributed by atoms with van der Waals surface area (Å²) >= 11 is 0. The Labute approximate surface area is 131 Å². The molecule has 0 saturated carbocycles. The highest BCUT2D eigenvalue weighted by Gasteiger charge is 2.17. The Morgan fingerprint density at radius 1 is 1.39 bits per heavy atom. The summed E-state index contributed by atoms with van der Waals surface area (Å²) in [6, 6.07) is 7.17. The van der Waals surface area contributed by atoms with Gasteiger partial charge in [0.2, 0.25) is 0 Å². The van der Waals surface area contributed by atoms with E-state index in [-0.39, 0.29) is 23.6 Å². The second-order valence-electron chi connectivity index (χ2n) is 4.46. The van der Waals surface area contributed by atoms with Gasteiger partial charge in [-0.2, -0.15) is 0 Å². The number of esters is 1. The second kappa shape index (κ2) is 7.26. The first-order valence-corrected chi connectivity index (χ1v) is 6.77. The summed E-state index contributed by atoms with van der Waals surface area (Å²) in [5.41, 5.74) is 0.101. The summed E-state index contributed by atoms with van der Waals surface area (Å²) in [7, 11) is 0. The first-order chi connectivity index (χ1) is 11.0. The smallest absolute Gasteiger partial charge is 0.340 e. The number of carbonyl (C=O) groups is 1. The van der Waals surface area contributed by atoms with Crippen molar-refractivity contribution >= 4 is 23.8 Å². The molecule has 0 atom stereocenters. The number of nitrogens with zero attached hydrogens (tertiary/aromatic N) is 2. The summed E-state index contributed by atoms with van der Waals surface area (Å²) in [6.07, 6.45) is 3.88. The standard InChI is InChI=1S/C16H13FN2O4/c1-2-23-16(20)13-9-12(19(21)22)10-18-15(13)8-7-11-5-3-4-6-14(11)17/h3-10H,2H2,1H3/b8-7+. The number of pyridine rings is 1. The van der Waals surface area contributed by atoms with Crippen molar-refractivity contribution in [3.05, 3.63) is 69.3 Å². The highest BCUT2D eigenvalue weighted by Crippen LogP contribution is 2.19. The van der Waals surface area contributed by atoms with Gasteiger partial charge in [-0.05, 0) is 25.1 Å². The molecule has 23 heavy (non-hydrogen) atoms. The van der Waals surface area contributed by atoms with Crippen molar-refractivity contribution in [2.75, 3.05) is 6.61 Å². The first kappa shape index (κ1) is 16.3. The number of aromatic nitrogens is 1. The van der Waals surface area contributed by atoms with Gasteiger partial charge in [0.05, 0.1) is 22.8 Å². The van der Waals surface area contributed by atoms with Crippen molar-refractivity contribution in [1.29, 1.82) is 0 Å². The van der Waals surface area contributed by atoms with Crippen LogP contribution in [0.1, 0.15) is 28.5 Å². The largest absolute Gasteiger partial charge is 0.462 e. The minimum atomic E-state index is -0.725. The van der Waals surface area contributed by atoms with Gasteiger partial charge < -0.3 is 4.74 Å². The molecule has 0 N–H and O–H groups in total. The molecule has 1 aromatic heterocycles. The van der Waals surface area contributed by atoms with Crippen LogP contribution in [-0.4, -0.2) is 22.5 Å². The average Bonchev–Trinajstić information content (AvgIpc) is 2.54. The van der Waals surface area contributed by atoms with Crippen molar-refractivity contribution < 1.29 is 18.8 Å². The minimum absolute atomic E-state index is 0.0476. The molecule has 0 amide bonds. The number of carbonyl (C=O) groups excluding carboxylic acids is 1. The van der Waals surface area contributed by atoms with Crippen LogP contribution >= 0.6 is 0 Å². The zero-order valence-corrected chi connectivity index (χ0v) is 12.2. The van der Waals surface area contributed by atoms with Crippen molar-refractivity contribution in [3.8, 4) is 0 Å². The topological polar surface area (TPSA) is 82.3 Å². The zero-order valence-electron chi connectivity index (χ0n) is 12.2. The van der Waals surface area contributed by atoms with E-state index in [1.165, 1.54) is 18.2 Å². The van der Waals surface area contributed by atoms with E-state index >= 15 is 0 Å². The van der Waals surface area contributed by atoms with Crippen LogP contribution in [0, 0.1) is 15.9 Å². The fourth-order valence-electron chi connectivity index (χ4n) is 1.85. The fraction of sp³-hybridized carbons (Fsp3) is 0.125. The van der Waals surface area contributed by atoms with Gasteiger partial charge in [-0.25, -0.2) is 14.2 Å². The van der Waals surface area contributed by atoms with E-state index in [0.29, 0.717) is 5.56 Å². The molecule has 6 nitrogen and oxygen atoms in total. The van der Waals surface area contributed by atoms with Gasteiger partial charge in [0, 0.05) is 11.6 Å². The fourth-order valence-corrected chi connectivity index (χ4v) is 1.85. The van der Waals surface area contributed by atoms with Crippen LogP contribution in [0.2, 0.25) is 0 Å². The maximum Gasteiger partial charge on any atom is 0.340 e. The summed E-state index contributed by atoms with van der Waals surface area (Å²) in [4.78, 5) is 26.0. The van der Waals surface area contributed by atoms with Gasteiger partial charge >= 0.3 is 5.97 Å². The van der Waals surface area contributed by atoms with Crippen LogP contribution in [-0.2, 0) is 4.74 Å². The van der Waals surface area contributed by atoms with Crippen molar-refractivity contribution in [1.82, 2.24) is 4.98 Å². The lowest BCUT2D eigenvalue weighted by Crippen LogP contribution is -2.08. The van der Waals surface area contributed by atoms with Crippen LogP contribution in [0.25, 0.3) is 12.2 Å². The third kappa shape index (κ3) is 3.97. The van der Waals surface area contributed by atoms with Crippen LogP contribution in [0.5, 0.6) is 0 Å². The number of benzene rings is 1. The Morgan fingerprint density at radius 2 is 2.13 bits per heavy atom. The van der Waals surface area contributed by atoms with E-state index in [1.54, 1.807) is 25.1 Å². The molecule has 0 unspecified atom stereocenters. The molecule has 7 heteroatoms. The minimum Gasteiger partial charge on any atom is -0.462 e. The van der Waals surface area contributed by atoms with Crippen LogP contribution in [0.15, 0.2) is 36.5 Å². The molecule has 0 bridgehead atoms. The average molecular weight is 316 g/mol. The predicted octanol–water partition coefficient (Wildman–Crippen LogP) is 3.48. The molecular weight excluding hydrogens is 303 g/mol. The van der Waals surface area contributed by atoms with Crippen LogP contribution < -0.4 is 0 Å². The summed E-state index contributed by atoms with van der Waals surface area (Å²) in [5, 5.41) is 10.8. The number of nitro groups is 1. The molecule has 118 valence electrons. The molecule has 0 saturated heterocycles. The van der Waals surface area contributed by atoms with E-state index in [1.807, 2.05) is 0 Å². The Bertz CT molecular complexity index is 774. The van der Waals surface area contributed by atoms with Gasteiger partial charge in [-0.1, -0.05) is 18.2 Å². The lowest BCUT2D eigenvalue weighted by molar-refractivity contribution is -0.385. The van der Waals surface area contributed by atoms with E-state index in [0.717, 1.165) is 12.3 Å². The summed E-state index contributed by atoms with van der Waals surface area (Å²) in [6.45, 7) is 1.75. The van der Waals surface area contributed by atoms with Crippen molar-refractivity contribution in [2.24, 2.45) is 0 Å². The molecule has 0 aliphatic carbocycles. The van der Waals surface area contributed by atoms with Crippen LogP contribution in [0.3, 0.4) is 0 Å². The third-order valence-corrected chi connectivity index (χ3v) is 2.94. The van der Waals surface area contributed by atoms with Crippen molar-refractivity contribution in [3.63, 3.8) is 0 Å². The lowest BCUT2D eigenvalue weighted by Gasteiger charge is -2.05. The molecule has 1 aromatic carbocycles. The summed E-state index contributed by atoms with van der Waals surface area (Å²) in [5.74, 6) is -1.15. The summed E-state index contributed by atoms with van der Waals surface area (Å²) < 4.78 is 18.5. The Kier molecular flexibility index (Phi) is 5.14. The van der Waals surface area contributed by atoms with Crippen molar-refractivity contribution in [2.45, 2.75) is 6.92 Å². The third-order valence-electron chi connectivity index (χ3n) is 2.94. The molecule has 0 spiro atoms. The number of hydrogen-bond donors (Lipinski definition) is 0. The number of ether oxygens (including phenoxy) is 1. The van der Waals surface area contributed by atoms with Crippen LogP contribution in [0.4, 0.5) is 10.1 Å². The molecule has 0 radical (unpaired) electrons. The Balaban J connectivity index is 2.43. The molecule has 0 aliphatic rings. The highest BCUT2D eigenvalue weighted by molar-refractivity contribution is 5.94. The molecular formula is C16H13FN2O4. The Hall–Kier alpha value is -3.09. The van der Waals surface area contributed by atoms with E-state index in [9.17, 15) is 19.3 Å². The quantitative estimate of drug-likeness (QED) is 0.479. The normalized spacial score (nSPS) is 10.7. The number of halogens is 1. The van der Waals surface area contributed by atoms with E-state index < -0.39 is 16.7 Å². The van der Waals surface area contributed by atoms with Gasteiger partial charge in [0.15, 0.2) is 0 Å². The van der Waals surface area contributed by atoms with Gasteiger partial charge in [0.1, 0.15) is 12.0 Å². The van der Waals surface area contributed by atoms with E-state index in [4.69, 9.17) is 4.74 Å². The first-order valence-electron chi connectivity index (χ1n) is 6.77. The number of rotatable bonds is 5. The monoisotopic (exact) mass is 316 g/mol. The molecule has 2 aromatic rings. The maximum absolute atomic E-state index is 13.6. The highest BCUT2D eigenvalue weighted by atomic mass is 19.1. The lowest BCUT2D eigenvalue weighted by atomic mass is 10.1. The van der Waals surface area contributed by atoms with Gasteiger partial charge in [-0.15, -0.1) is 0 Å². The second-order valence-corrected chi connectivity index (χ2v) is 4.46. The van der Waals surface area contributed by atoms with Gasteiger partial charge in [-0.3, -0.25) is 10.1 Å². The zero-order chi connectivity index (χ0) is 16.8. The predicted molar refractivity (Wildman–Crippen MR) is 82.2 cm³/mol. The number of hydrogen-bond acceptors (Lipinski definition) is 5. The Morgan fingerprint density at radius 3 is 2.78 bits per heavy atom. The molecule has 1 heterocycles. The molecule has 0 fully saturated rings. The van der Waals surface area contributed by atoms with E-state index in [2.05, 4.69) is 4.98 Å². The SMILES string of the molecule is CCOC(=O)c1cc([N+](=O)[O-])cnc1/C=C/c1ccccc1F. The molecule has 0 aliphatic heterocycles. The maximum atomic E-state index is 13.6. The van der Waals surface area contributed by atoms with Gasteiger partial charge in [0.25, 0.3) is 5.69 Å². The molecule has 2 rings (SSSR count).